The van der Waals surface area contributed by atoms with Crippen LogP contribution in [0.1, 0.15) is 29.8 Å². The van der Waals surface area contributed by atoms with Crippen LogP contribution < -0.4 is 10.6 Å². The van der Waals surface area contributed by atoms with Gasteiger partial charge in [0, 0.05) is 18.8 Å². The topological polar surface area (TPSA) is 53.6 Å². The Morgan fingerprint density at radius 1 is 1.04 bits per heavy atom. The molecule has 0 unspecified atom stereocenters. The number of hydrogen-bond donors (Lipinski definition) is 2. The number of anilines is 1. The third kappa shape index (κ3) is 7.37. The third-order valence-corrected chi connectivity index (χ3v) is 4.46. The highest BCUT2D eigenvalue weighted by molar-refractivity contribution is 7.80. The number of benzene rings is 2. The van der Waals surface area contributed by atoms with Gasteiger partial charge in [-0.05, 0) is 55.1 Å². The largest absolute Gasteiger partial charge is 0.461 e. The second kappa shape index (κ2) is 11.3. The van der Waals surface area contributed by atoms with Crippen LogP contribution in [0.2, 0.25) is 0 Å². The average molecular weight is 386 g/mol. The lowest BCUT2D eigenvalue weighted by Crippen LogP contribution is -2.28. The Labute approximate surface area is 166 Å². The van der Waals surface area contributed by atoms with Gasteiger partial charge in [0.1, 0.15) is 6.61 Å². The Morgan fingerprint density at radius 3 is 2.33 bits per heavy atom. The standard InChI is InChI=1S/C21H27N3O2S/c1-3-24(4-2)14-15-26-20(25)18-10-12-19(13-11-18)23-21(27)22-16-17-8-6-5-7-9-17/h5-13H,3-4,14-16H2,1-2H3,(H2,22,23,27). The zero-order valence-corrected chi connectivity index (χ0v) is 16.7. The second-order valence-corrected chi connectivity index (χ2v) is 6.44. The van der Waals surface area contributed by atoms with Crippen LogP contribution in [0.4, 0.5) is 5.69 Å². The van der Waals surface area contributed by atoms with Crippen LogP contribution in [0.25, 0.3) is 0 Å². The van der Waals surface area contributed by atoms with E-state index in [1.807, 2.05) is 42.5 Å². The quantitative estimate of drug-likeness (QED) is 0.507. The Hall–Kier alpha value is -2.44. The molecule has 0 saturated heterocycles. The third-order valence-electron chi connectivity index (χ3n) is 4.21. The zero-order chi connectivity index (χ0) is 19.5. The first kappa shape index (κ1) is 20.9. The van der Waals surface area contributed by atoms with E-state index in [0.717, 1.165) is 30.9 Å². The van der Waals surface area contributed by atoms with Crippen molar-refractivity contribution in [3.63, 3.8) is 0 Å². The van der Waals surface area contributed by atoms with E-state index in [9.17, 15) is 4.79 Å². The molecule has 2 aromatic rings. The van der Waals surface area contributed by atoms with E-state index in [0.29, 0.717) is 23.8 Å². The van der Waals surface area contributed by atoms with Crippen molar-refractivity contribution in [1.82, 2.24) is 10.2 Å². The van der Waals surface area contributed by atoms with Gasteiger partial charge < -0.3 is 20.3 Å². The average Bonchev–Trinajstić information content (AvgIpc) is 2.71. The summed E-state index contributed by atoms with van der Waals surface area (Å²) < 4.78 is 5.33. The Kier molecular flexibility index (Phi) is 8.74. The number of likely N-dealkylation sites (N-methyl/N-ethyl adjacent to an activating group) is 1. The van der Waals surface area contributed by atoms with E-state index in [1.54, 1.807) is 12.1 Å². The van der Waals surface area contributed by atoms with Gasteiger partial charge in [-0.3, -0.25) is 0 Å². The van der Waals surface area contributed by atoms with Crippen molar-refractivity contribution in [1.29, 1.82) is 0 Å². The highest BCUT2D eigenvalue weighted by Gasteiger charge is 2.08. The maximum atomic E-state index is 12.1. The van der Waals surface area contributed by atoms with Gasteiger partial charge in [-0.1, -0.05) is 44.2 Å². The van der Waals surface area contributed by atoms with E-state index in [1.165, 1.54) is 0 Å². The molecule has 0 aliphatic rings. The number of carbonyl (C=O) groups is 1. The Morgan fingerprint density at radius 2 is 1.70 bits per heavy atom. The first-order chi connectivity index (χ1) is 13.1. The number of rotatable bonds is 9. The molecule has 0 saturated carbocycles. The molecular weight excluding hydrogens is 358 g/mol. The molecule has 0 radical (unpaired) electrons. The molecule has 2 rings (SSSR count). The lowest BCUT2D eigenvalue weighted by Gasteiger charge is -2.17. The number of nitrogens with zero attached hydrogens (tertiary/aromatic N) is 1. The minimum atomic E-state index is -0.307. The van der Waals surface area contributed by atoms with E-state index in [-0.39, 0.29) is 5.97 Å². The van der Waals surface area contributed by atoms with Gasteiger partial charge in [-0.25, -0.2) is 4.79 Å². The molecule has 0 heterocycles. The number of thiocarbonyl (C=S) groups is 1. The highest BCUT2D eigenvalue weighted by Crippen LogP contribution is 2.11. The van der Waals surface area contributed by atoms with Crippen LogP contribution in [-0.4, -0.2) is 42.2 Å². The van der Waals surface area contributed by atoms with Crippen molar-refractivity contribution in [2.45, 2.75) is 20.4 Å². The molecular formula is C21H27N3O2S. The molecule has 5 nitrogen and oxygen atoms in total. The van der Waals surface area contributed by atoms with Gasteiger partial charge in [0.05, 0.1) is 5.56 Å². The number of carbonyl (C=O) groups excluding carboxylic acids is 1. The molecule has 0 amide bonds. The van der Waals surface area contributed by atoms with Crippen LogP contribution in [0.3, 0.4) is 0 Å². The smallest absolute Gasteiger partial charge is 0.338 e. The van der Waals surface area contributed by atoms with Crippen LogP contribution >= 0.6 is 12.2 Å². The summed E-state index contributed by atoms with van der Waals surface area (Å²) >= 11 is 5.31. The number of nitrogens with one attached hydrogen (secondary N) is 2. The minimum Gasteiger partial charge on any atom is -0.461 e. The van der Waals surface area contributed by atoms with Gasteiger partial charge in [0.25, 0.3) is 0 Å². The molecule has 0 aliphatic carbocycles. The maximum Gasteiger partial charge on any atom is 0.338 e. The molecule has 27 heavy (non-hydrogen) atoms. The SMILES string of the molecule is CCN(CC)CCOC(=O)c1ccc(NC(=S)NCc2ccccc2)cc1. The summed E-state index contributed by atoms with van der Waals surface area (Å²) in [4.78, 5) is 14.3. The minimum absolute atomic E-state index is 0.307. The monoisotopic (exact) mass is 385 g/mol. The molecule has 0 atom stereocenters. The van der Waals surface area contributed by atoms with E-state index < -0.39 is 0 Å². The van der Waals surface area contributed by atoms with E-state index >= 15 is 0 Å². The van der Waals surface area contributed by atoms with Crippen molar-refractivity contribution in [2.24, 2.45) is 0 Å². The number of hydrogen-bond acceptors (Lipinski definition) is 4. The Balaban J connectivity index is 1.76. The lowest BCUT2D eigenvalue weighted by molar-refractivity contribution is 0.0466. The van der Waals surface area contributed by atoms with E-state index in [2.05, 4.69) is 29.4 Å². The summed E-state index contributed by atoms with van der Waals surface area (Å²) in [5.41, 5.74) is 2.51. The van der Waals surface area contributed by atoms with Gasteiger partial charge in [-0.2, -0.15) is 0 Å². The summed E-state index contributed by atoms with van der Waals surface area (Å²) in [6, 6.07) is 17.2. The molecule has 144 valence electrons. The first-order valence-electron chi connectivity index (χ1n) is 9.20. The van der Waals surface area contributed by atoms with Crippen molar-refractivity contribution in [2.75, 3.05) is 31.6 Å². The molecule has 0 spiro atoms. The van der Waals surface area contributed by atoms with Gasteiger partial charge >= 0.3 is 5.97 Å². The summed E-state index contributed by atoms with van der Waals surface area (Å²) in [7, 11) is 0. The molecule has 0 bridgehead atoms. The predicted molar refractivity (Wildman–Crippen MR) is 114 cm³/mol. The first-order valence-corrected chi connectivity index (χ1v) is 9.61. The van der Waals surface area contributed by atoms with Gasteiger partial charge in [0.2, 0.25) is 0 Å². The number of ether oxygens (including phenoxy) is 1. The van der Waals surface area contributed by atoms with Crippen LogP contribution in [0.15, 0.2) is 54.6 Å². The summed E-state index contributed by atoms with van der Waals surface area (Å²) in [6.45, 7) is 7.89. The van der Waals surface area contributed by atoms with Crippen molar-refractivity contribution < 1.29 is 9.53 Å². The fourth-order valence-electron chi connectivity index (χ4n) is 2.53. The molecule has 0 aromatic heterocycles. The molecule has 6 heteroatoms. The molecule has 0 fully saturated rings. The van der Waals surface area contributed by atoms with Crippen molar-refractivity contribution in [3.05, 3.63) is 65.7 Å². The van der Waals surface area contributed by atoms with Crippen molar-refractivity contribution >= 4 is 29.0 Å². The van der Waals surface area contributed by atoms with Crippen LogP contribution in [-0.2, 0) is 11.3 Å². The fraction of sp³-hybridized carbons (Fsp3) is 0.333. The van der Waals surface area contributed by atoms with Gasteiger partial charge in [0.15, 0.2) is 5.11 Å². The summed E-state index contributed by atoms with van der Waals surface area (Å²) in [5.74, 6) is -0.307. The van der Waals surface area contributed by atoms with E-state index in [4.69, 9.17) is 17.0 Å². The molecule has 0 aliphatic heterocycles. The summed E-state index contributed by atoms with van der Waals surface area (Å²) in [5, 5.41) is 6.81. The Bertz CT molecular complexity index is 716. The number of esters is 1. The predicted octanol–water partition coefficient (Wildman–Crippen LogP) is 3.67. The van der Waals surface area contributed by atoms with Crippen LogP contribution in [0, 0.1) is 0 Å². The van der Waals surface area contributed by atoms with Crippen LogP contribution in [0.5, 0.6) is 0 Å². The fourth-order valence-corrected chi connectivity index (χ4v) is 2.72. The van der Waals surface area contributed by atoms with Gasteiger partial charge in [-0.15, -0.1) is 0 Å². The molecule has 2 N–H and O–H groups in total. The summed E-state index contributed by atoms with van der Waals surface area (Å²) in [6.07, 6.45) is 0. The zero-order valence-electron chi connectivity index (χ0n) is 15.9. The van der Waals surface area contributed by atoms with Crippen molar-refractivity contribution in [3.8, 4) is 0 Å². The second-order valence-electron chi connectivity index (χ2n) is 6.03. The normalized spacial score (nSPS) is 10.5. The highest BCUT2D eigenvalue weighted by atomic mass is 32.1. The maximum absolute atomic E-state index is 12.1. The lowest BCUT2D eigenvalue weighted by atomic mass is 10.2. The molecule has 2 aromatic carbocycles.